The zero-order valence-corrected chi connectivity index (χ0v) is 8.01. The van der Waals surface area contributed by atoms with Gasteiger partial charge in [-0.25, -0.2) is 0 Å². The van der Waals surface area contributed by atoms with Gasteiger partial charge in [-0.05, 0) is 0 Å². The quantitative estimate of drug-likeness (QED) is 0.882. The largest absolute Gasteiger partial charge is 0.481 e. The summed E-state index contributed by atoms with van der Waals surface area (Å²) in [7, 11) is 0. The Balaban J connectivity index is 2.82. The van der Waals surface area contributed by atoms with Crippen molar-refractivity contribution in [3.63, 3.8) is 0 Å². The Labute approximate surface area is 87.3 Å². The van der Waals surface area contributed by atoms with Gasteiger partial charge in [0.2, 0.25) is 0 Å². The van der Waals surface area contributed by atoms with Gasteiger partial charge in [-0.3, -0.25) is 9.48 Å². The normalized spacial score (nSPS) is 11.7. The lowest BCUT2D eigenvalue weighted by Crippen LogP contribution is -2.10. The van der Waals surface area contributed by atoms with E-state index in [-0.39, 0.29) is 13.0 Å². The van der Waals surface area contributed by atoms with Crippen LogP contribution in [0.1, 0.15) is 12.1 Å². The minimum absolute atomic E-state index is 0.148. The number of carboxylic acids is 1. The number of rotatable bonds is 3. The van der Waals surface area contributed by atoms with Crippen molar-refractivity contribution in [1.29, 1.82) is 0 Å². The molecular weight excluding hydrogens is 237 g/mol. The van der Waals surface area contributed by atoms with Gasteiger partial charge in [0, 0.05) is 6.20 Å². The fourth-order valence-electron chi connectivity index (χ4n) is 0.914. The van der Waals surface area contributed by atoms with Crippen LogP contribution in [0, 0.1) is 0 Å². The fraction of sp³-hybridized carbons (Fsp3) is 0.429. The van der Waals surface area contributed by atoms with Crippen LogP contribution in [-0.2, 0) is 17.5 Å². The molecule has 0 radical (unpaired) electrons. The Morgan fingerprint density at radius 3 is 2.60 bits per heavy atom. The monoisotopic (exact) mass is 242 g/mol. The predicted molar refractivity (Wildman–Crippen MR) is 44.5 cm³/mol. The first-order chi connectivity index (χ1) is 6.80. The number of alkyl halides is 3. The number of carboxylic acid groups (broad SMARTS) is 1. The van der Waals surface area contributed by atoms with Crippen molar-refractivity contribution >= 4 is 17.6 Å². The van der Waals surface area contributed by atoms with Gasteiger partial charge in [-0.1, -0.05) is 11.6 Å². The number of nitrogens with zero attached hydrogens (tertiary/aromatic N) is 2. The van der Waals surface area contributed by atoms with Crippen molar-refractivity contribution in [2.24, 2.45) is 0 Å². The minimum atomic E-state index is -4.62. The number of carbonyl (C=O) groups is 1. The molecular formula is C7H6ClF3N2O2. The average Bonchev–Trinajstić information content (AvgIpc) is 2.42. The lowest BCUT2D eigenvalue weighted by Gasteiger charge is -2.01. The molecule has 0 saturated heterocycles. The predicted octanol–water partition coefficient (Wildman–Crippen LogP) is 2.03. The Bertz CT molecular complexity index is 375. The third-order valence-corrected chi connectivity index (χ3v) is 1.82. The number of hydrogen-bond acceptors (Lipinski definition) is 2. The van der Waals surface area contributed by atoms with E-state index in [4.69, 9.17) is 16.7 Å². The van der Waals surface area contributed by atoms with Crippen LogP contribution >= 0.6 is 11.6 Å². The van der Waals surface area contributed by atoms with Gasteiger partial charge in [0.05, 0.1) is 18.0 Å². The van der Waals surface area contributed by atoms with E-state index in [9.17, 15) is 18.0 Å². The molecule has 0 unspecified atom stereocenters. The van der Waals surface area contributed by atoms with Crippen LogP contribution in [0.3, 0.4) is 0 Å². The van der Waals surface area contributed by atoms with E-state index in [0.29, 0.717) is 0 Å². The summed E-state index contributed by atoms with van der Waals surface area (Å²) in [4.78, 5) is 10.2. The third kappa shape index (κ3) is 3.12. The minimum Gasteiger partial charge on any atom is -0.481 e. The summed E-state index contributed by atoms with van der Waals surface area (Å²) in [5.74, 6) is -1.12. The zero-order chi connectivity index (χ0) is 11.6. The highest BCUT2D eigenvalue weighted by Crippen LogP contribution is 2.33. The SMILES string of the molecule is O=C(O)CCn1cc(Cl)c(C(F)(F)F)n1. The van der Waals surface area contributed by atoms with E-state index < -0.39 is 22.9 Å². The molecule has 0 aliphatic rings. The van der Waals surface area contributed by atoms with Crippen LogP contribution in [0.15, 0.2) is 6.20 Å². The lowest BCUT2D eigenvalue weighted by atomic mass is 10.4. The van der Waals surface area contributed by atoms with E-state index in [1.54, 1.807) is 0 Å². The summed E-state index contributed by atoms with van der Waals surface area (Å²) < 4.78 is 37.4. The molecule has 0 atom stereocenters. The number of aryl methyl sites for hydroxylation is 1. The molecule has 15 heavy (non-hydrogen) atoms. The maximum atomic E-state index is 12.2. The van der Waals surface area contributed by atoms with Crippen LogP contribution < -0.4 is 0 Å². The lowest BCUT2D eigenvalue weighted by molar-refractivity contribution is -0.141. The zero-order valence-electron chi connectivity index (χ0n) is 7.25. The molecule has 1 aromatic heterocycles. The molecule has 4 nitrogen and oxygen atoms in total. The van der Waals surface area contributed by atoms with Gasteiger partial charge >= 0.3 is 12.1 Å². The molecule has 84 valence electrons. The fourth-order valence-corrected chi connectivity index (χ4v) is 1.17. The second kappa shape index (κ2) is 4.09. The van der Waals surface area contributed by atoms with E-state index >= 15 is 0 Å². The van der Waals surface area contributed by atoms with Crippen molar-refractivity contribution < 1.29 is 23.1 Å². The first-order valence-corrected chi connectivity index (χ1v) is 4.20. The maximum Gasteiger partial charge on any atom is 0.436 e. The summed E-state index contributed by atoms with van der Waals surface area (Å²) in [6.07, 6.45) is -3.98. The molecule has 1 heterocycles. The van der Waals surface area contributed by atoms with Crippen molar-refractivity contribution in [1.82, 2.24) is 9.78 Å². The standard InChI is InChI=1S/C7H6ClF3N2O2/c8-4-3-13(2-1-5(14)15)12-6(4)7(9,10)11/h3H,1-2H2,(H,14,15). The van der Waals surface area contributed by atoms with E-state index in [1.807, 2.05) is 0 Å². The molecule has 0 aliphatic heterocycles. The molecule has 0 amide bonds. The smallest absolute Gasteiger partial charge is 0.436 e. The summed E-state index contributed by atoms with van der Waals surface area (Å²) in [5, 5.41) is 10.9. The highest BCUT2D eigenvalue weighted by atomic mass is 35.5. The van der Waals surface area contributed by atoms with Gasteiger partial charge in [0.1, 0.15) is 0 Å². The summed E-state index contributed by atoms with van der Waals surface area (Å²) in [6.45, 7) is -0.148. The number of aliphatic carboxylic acids is 1. The summed E-state index contributed by atoms with van der Waals surface area (Å²) >= 11 is 5.29. The Morgan fingerprint density at radius 2 is 2.20 bits per heavy atom. The molecule has 0 aromatic carbocycles. The topological polar surface area (TPSA) is 55.1 Å². The highest BCUT2D eigenvalue weighted by molar-refractivity contribution is 6.31. The van der Waals surface area contributed by atoms with Crippen LogP contribution in [0.25, 0.3) is 0 Å². The van der Waals surface area contributed by atoms with Crippen molar-refractivity contribution in [2.45, 2.75) is 19.1 Å². The summed E-state index contributed by atoms with van der Waals surface area (Å²) in [6, 6.07) is 0. The molecule has 0 spiro atoms. The molecule has 8 heteroatoms. The Hall–Kier alpha value is -1.24. The van der Waals surface area contributed by atoms with Crippen LogP contribution in [0.4, 0.5) is 13.2 Å². The first-order valence-electron chi connectivity index (χ1n) is 3.82. The molecule has 0 saturated carbocycles. The van der Waals surface area contributed by atoms with E-state index in [2.05, 4.69) is 5.10 Å². The number of hydrogen-bond donors (Lipinski definition) is 1. The summed E-state index contributed by atoms with van der Waals surface area (Å²) in [5.41, 5.74) is -1.20. The Kier molecular flexibility index (Phi) is 3.23. The Morgan fingerprint density at radius 1 is 1.60 bits per heavy atom. The van der Waals surface area contributed by atoms with Crippen molar-refractivity contribution in [3.8, 4) is 0 Å². The van der Waals surface area contributed by atoms with Crippen LogP contribution in [-0.4, -0.2) is 20.9 Å². The highest BCUT2D eigenvalue weighted by Gasteiger charge is 2.36. The van der Waals surface area contributed by atoms with Crippen LogP contribution in [0.2, 0.25) is 5.02 Å². The van der Waals surface area contributed by atoms with Gasteiger partial charge in [-0.15, -0.1) is 0 Å². The second-order valence-electron chi connectivity index (χ2n) is 2.73. The van der Waals surface area contributed by atoms with Crippen molar-refractivity contribution in [3.05, 3.63) is 16.9 Å². The molecule has 1 rings (SSSR count). The van der Waals surface area contributed by atoms with Gasteiger partial charge < -0.3 is 5.11 Å². The van der Waals surface area contributed by atoms with Gasteiger partial charge in [-0.2, -0.15) is 18.3 Å². The molecule has 0 aliphatic carbocycles. The molecule has 0 fully saturated rings. The number of halogens is 4. The molecule has 1 N–H and O–H groups in total. The maximum absolute atomic E-state index is 12.2. The molecule has 1 aromatic rings. The van der Waals surface area contributed by atoms with E-state index in [0.717, 1.165) is 10.9 Å². The second-order valence-corrected chi connectivity index (χ2v) is 3.14. The molecule has 0 bridgehead atoms. The number of aromatic nitrogens is 2. The average molecular weight is 243 g/mol. The van der Waals surface area contributed by atoms with Crippen molar-refractivity contribution in [2.75, 3.05) is 0 Å². The van der Waals surface area contributed by atoms with Crippen LogP contribution in [0.5, 0.6) is 0 Å². The van der Waals surface area contributed by atoms with Gasteiger partial charge in [0.15, 0.2) is 5.69 Å². The first kappa shape index (κ1) is 11.8. The van der Waals surface area contributed by atoms with Gasteiger partial charge in [0.25, 0.3) is 0 Å². The third-order valence-electron chi connectivity index (χ3n) is 1.54. The van der Waals surface area contributed by atoms with E-state index in [1.165, 1.54) is 0 Å².